The summed E-state index contributed by atoms with van der Waals surface area (Å²) in [7, 11) is 0. The fraction of sp³-hybridized carbons (Fsp3) is 0.429. The van der Waals surface area contributed by atoms with Crippen LogP contribution in [0.1, 0.15) is 18.9 Å². The largest absolute Gasteiger partial charge is 0.491 e. The zero-order valence-electron chi connectivity index (χ0n) is 15.0. The van der Waals surface area contributed by atoms with E-state index in [-0.39, 0.29) is 6.10 Å². The maximum absolute atomic E-state index is 5.94. The molecular formula is C21H28N2O2. The first-order chi connectivity index (χ1) is 12.3. The van der Waals surface area contributed by atoms with Crippen molar-refractivity contribution in [3.05, 3.63) is 60.2 Å². The molecule has 1 fully saturated rings. The van der Waals surface area contributed by atoms with E-state index in [1.807, 2.05) is 18.2 Å². The number of benzene rings is 2. The van der Waals surface area contributed by atoms with Gasteiger partial charge in [0, 0.05) is 26.2 Å². The molecule has 3 rings (SSSR count). The van der Waals surface area contributed by atoms with Crippen LogP contribution in [0.5, 0.6) is 5.75 Å². The molecule has 25 heavy (non-hydrogen) atoms. The molecule has 1 N–H and O–H groups in total. The number of nitrogens with zero attached hydrogens (tertiary/aromatic N) is 1. The summed E-state index contributed by atoms with van der Waals surface area (Å²) in [6.45, 7) is 7.35. The van der Waals surface area contributed by atoms with Crippen LogP contribution in [0.25, 0.3) is 0 Å². The Balaban J connectivity index is 1.51. The van der Waals surface area contributed by atoms with Crippen LogP contribution in [0, 0.1) is 0 Å². The van der Waals surface area contributed by atoms with Crippen LogP contribution in [-0.2, 0) is 11.3 Å². The molecule has 4 heteroatoms. The van der Waals surface area contributed by atoms with Crippen LogP contribution >= 0.6 is 0 Å². The minimum atomic E-state index is 0.191. The average Bonchev–Trinajstić information content (AvgIpc) is 2.66. The van der Waals surface area contributed by atoms with Crippen LogP contribution in [0.4, 0.5) is 5.69 Å². The first-order valence-corrected chi connectivity index (χ1v) is 9.18. The van der Waals surface area contributed by atoms with Gasteiger partial charge in [-0.15, -0.1) is 0 Å². The lowest BCUT2D eigenvalue weighted by Crippen LogP contribution is -2.44. The molecule has 134 valence electrons. The summed E-state index contributed by atoms with van der Waals surface area (Å²) in [4.78, 5) is 2.46. The monoisotopic (exact) mass is 340 g/mol. The highest BCUT2D eigenvalue weighted by Gasteiger charge is 2.20. The van der Waals surface area contributed by atoms with Crippen molar-refractivity contribution in [2.24, 2.45) is 0 Å². The molecule has 0 bridgehead atoms. The van der Waals surface area contributed by atoms with Crippen LogP contribution in [0.3, 0.4) is 0 Å². The lowest BCUT2D eigenvalue weighted by Gasteiger charge is -2.33. The van der Waals surface area contributed by atoms with E-state index in [1.54, 1.807) is 0 Å². The zero-order valence-corrected chi connectivity index (χ0v) is 15.0. The van der Waals surface area contributed by atoms with E-state index in [0.29, 0.717) is 0 Å². The standard InChI is InChI=1S/C21H28N2O2/c1-2-13-25-21-11-7-6-10-20(21)22-15-19-17-23(12-14-24-19)16-18-8-4-3-5-9-18/h3-11,19,22H,2,12-17H2,1H3/t19-/m0/s1. The number of rotatable bonds is 8. The summed E-state index contributed by atoms with van der Waals surface area (Å²) in [5.74, 6) is 0.918. The third-order valence-electron chi connectivity index (χ3n) is 4.34. The van der Waals surface area contributed by atoms with Crippen LogP contribution in [0.2, 0.25) is 0 Å². The normalized spacial score (nSPS) is 18.0. The Morgan fingerprint density at radius 2 is 1.92 bits per heavy atom. The Kier molecular flexibility index (Phi) is 6.71. The summed E-state index contributed by atoms with van der Waals surface area (Å²) < 4.78 is 11.8. The minimum Gasteiger partial charge on any atom is -0.491 e. The van der Waals surface area contributed by atoms with Crippen molar-refractivity contribution >= 4 is 5.69 Å². The highest BCUT2D eigenvalue weighted by molar-refractivity contribution is 5.56. The topological polar surface area (TPSA) is 33.7 Å². The molecule has 1 aliphatic heterocycles. The van der Waals surface area contributed by atoms with Gasteiger partial charge >= 0.3 is 0 Å². The maximum Gasteiger partial charge on any atom is 0.142 e. The van der Waals surface area contributed by atoms with E-state index in [1.165, 1.54) is 5.56 Å². The Morgan fingerprint density at radius 3 is 2.76 bits per heavy atom. The minimum absolute atomic E-state index is 0.191. The van der Waals surface area contributed by atoms with E-state index in [2.05, 4.69) is 53.5 Å². The number of anilines is 1. The molecule has 1 atom stereocenters. The summed E-state index contributed by atoms with van der Waals surface area (Å²) in [6, 6.07) is 18.8. The van der Waals surface area contributed by atoms with Gasteiger partial charge in [-0.3, -0.25) is 4.90 Å². The Morgan fingerprint density at radius 1 is 1.12 bits per heavy atom. The number of nitrogens with one attached hydrogen (secondary N) is 1. The van der Waals surface area contributed by atoms with Gasteiger partial charge in [0.25, 0.3) is 0 Å². The highest BCUT2D eigenvalue weighted by atomic mass is 16.5. The quantitative estimate of drug-likeness (QED) is 0.793. The number of hydrogen-bond acceptors (Lipinski definition) is 4. The van der Waals surface area contributed by atoms with Crippen molar-refractivity contribution in [3.63, 3.8) is 0 Å². The van der Waals surface area contributed by atoms with Gasteiger partial charge in [-0.1, -0.05) is 49.4 Å². The molecule has 0 amide bonds. The molecule has 1 saturated heterocycles. The van der Waals surface area contributed by atoms with Crippen molar-refractivity contribution in [1.29, 1.82) is 0 Å². The molecular weight excluding hydrogens is 312 g/mol. The fourth-order valence-corrected chi connectivity index (χ4v) is 3.06. The van der Waals surface area contributed by atoms with Gasteiger partial charge in [-0.2, -0.15) is 0 Å². The molecule has 1 heterocycles. The molecule has 2 aromatic rings. The highest BCUT2D eigenvalue weighted by Crippen LogP contribution is 2.24. The number of morpholine rings is 1. The second-order valence-corrected chi connectivity index (χ2v) is 6.44. The van der Waals surface area contributed by atoms with Crippen molar-refractivity contribution in [3.8, 4) is 5.75 Å². The zero-order chi connectivity index (χ0) is 17.3. The third kappa shape index (κ3) is 5.48. The van der Waals surface area contributed by atoms with Gasteiger partial charge < -0.3 is 14.8 Å². The number of ether oxygens (including phenoxy) is 2. The van der Waals surface area contributed by atoms with Crippen molar-refractivity contribution in [1.82, 2.24) is 4.90 Å². The molecule has 4 nitrogen and oxygen atoms in total. The SMILES string of the molecule is CCCOc1ccccc1NC[C@H]1CN(Cc2ccccc2)CCO1. The maximum atomic E-state index is 5.94. The molecule has 0 saturated carbocycles. The first-order valence-electron chi connectivity index (χ1n) is 9.18. The van der Waals surface area contributed by atoms with Crippen LogP contribution < -0.4 is 10.1 Å². The molecule has 1 aliphatic rings. The van der Waals surface area contributed by atoms with E-state index < -0.39 is 0 Å². The second-order valence-electron chi connectivity index (χ2n) is 6.44. The lowest BCUT2D eigenvalue weighted by molar-refractivity contribution is -0.0240. The Labute approximate surface area is 150 Å². The number of para-hydroxylation sites is 2. The first kappa shape index (κ1) is 17.8. The lowest BCUT2D eigenvalue weighted by atomic mass is 10.2. The summed E-state index contributed by atoms with van der Waals surface area (Å²) in [5, 5.41) is 3.50. The van der Waals surface area contributed by atoms with Gasteiger partial charge in [0.15, 0.2) is 0 Å². The molecule has 0 spiro atoms. The fourth-order valence-electron chi connectivity index (χ4n) is 3.06. The molecule has 0 aliphatic carbocycles. The van der Waals surface area contributed by atoms with Gasteiger partial charge in [0.2, 0.25) is 0 Å². The summed E-state index contributed by atoms with van der Waals surface area (Å²) in [5.41, 5.74) is 2.40. The summed E-state index contributed by atoms with van der Waals surface area (Å²) in [6.07, 6.45) is 1.20. The van der Waals surface area contributed by atoms with Crippen LogP contribution in [0.15, 0.2) is 54.6 Å². The summed E-state index contributed by atoms with van der Waals surface area (Å²) >= 11 is 0. The van der Waals surface area contributed by atoms with Gasteiger partial charge in [-0.25, -0.2) is 0 Å². The van der Waals surface area contributed by atoms with Crippen LogP contribution in [-0.4, -0.2) is 43.9 Å². The van der Waals surface area contributed by atoms with Gasteiger partial charge in [-0.05, 0) is 24.1 Å². The number of hydrogen-bond donors (Lipinski definition) is 1. The smallest absolute Gasteiger partial charge is 0.142 e. The molecule has 2 aromatic carbocycles. The van der Waals surface area contributed by atoms with Gasteiger partial charge in [0.05, 0.1) is 25.0 Å². The van der Waals surface area contributed by atoms with Crippen molar-refractivity contribution in [2.75, 3.05) is 38.2 Å². The van der Waals surface area contributed by atoms with Crippen molar-refractivity contribution in [2.45, 2.75) is 26.0 Å². The Hall–Kier alpha value is -2.04. The molecule has 0 unspecified atom stereocenters. The van der Waals surface area contributed by atoms with Crippen molar-refractivity contribution < 1.29 is 9.47 Å². The van der Waals surface area contributed by atoms with E-state index in [9.17, 15) is 0 Å². The predicted molar refractivity (Wildman–Crippen MR) is 102 cm³/mol. The Bertz CT molecular complexity index is 633. The van der Waals surface area contributed by atoms with E-state index >= 15 is 0 Å². The third-order valence-corrected chi connectivity index (χ3v) is 4.34. The van der Waals surface area contributed by atoms with Gasteiger partial charge in [0.1, 0.15) is 5.75 Å². The molecule has 0 radical (unpaired) electrons. The second kappa shape index (κ2) is 9.44. The van der Waals surface area contributed by atoms with E-state index in [0.717, 1.165) is 57.3 Å². The predicted octanol–water partition coefficient (Wildman–Crippen LogP) is 3.79. The van der Waals surface area contributed by atoms with E-state index in [4.69, 9.17) is 9.47 Å². The average molecular weight is 340 g/mol. The molecule has 0 aromatic heterocycles.